The minimum atomic E-state index is 0. The van der Waals surface area contributed by atoms with Crippen molar-refractivity contribution in [3.05, 3.63) is 138 Å². The summed E-state index contributed by atoms with van der Waals surface area (Å²) in [4.78, 5) is 0. The molecule has 0 aromatic heterocycles. The topological polar surface area (TPSA) is 20.2 Å². The summed E-state index contributed by atoms with van der Waals surface area (Å²) in [6, 6.07) is 41.4. The first-order valence-corrected chi connectivity index (χ1v) is 11.2. The third-order valence-electron chi connectivity index (χ3n) is 5.80. The van der Waals surface area contributed by atoms with E-state index in [2.05, 4.69) is 82.3 Å². The van der Waals surface area contributed by atoms with E-state index in [1.54, 1.807) is 0 Å². The molecule has 1 aliphatic carbocycles. The Bertz CT molecular complexity index is 1090. The Balaban J connectivity index is 0. The van der Waals surface area contributed by atoms with E-state index in [1.165, 1.54) is 38.6 Å². The fraction of sp³-hybridized carbons (Fsp3) is 0.188. The van der Waals surface area contributed by atoms with E-state index in [4.69, 9.17) is 5.11 Å². The van der Waals surface area contributed by atoms with Crippen LogP contribution in [-0.2, 0) is 21.7 Å². The molecule has 4 aromatic rings. The molecule has 1 aliphatic rings. The molecule has 0 spiro atoms. The van der Waals surface area contributed by atoms with Gasteiger partial charge in [0.1, 0.15) is 0 Å². The van der Waals surface area contributed by atoms with Gasteiger partial charge in [-0.05, 0) is 26.7 Å². The van der Waals surface area contributed by atoms with Gasteiger partial charge < -0.3 is 29.9 Å². The summed E-state index contributed by atoms with van der Waals surface area (Å²) in [7, 11) is 1.00. The minimum absolute atomic E-state index is 0. The molecule has 1 N–H and O–H groups in total. The summed E-state index contributed by atoms with van der Waals surface area (Å²) in [6.45, 7) is 9.02. The van der Waals surface area contributed by atoms with Gasteiger partial charge in [0, 0.05) is 7.11 Å². The molecular weight excluding hydrogens is 519 g/mol. The Morgan fingerprint density at radius 3 is 1.53 bits per heavy atom. The zero-order valence-electron chi connectivity index (χ0n) is 21.5. The van der Waals surface area contributed by atoms with Gasteiger partial charge in [-0.3, -0.25) is 0 Å². The average Bonchev–Trinajstić information content (AvgIpc) is 3.10. The second-order valence-electron chi connectivity index (χ2n) is 7.68. The van der Waals surface area contributed by atoms with Gasteiger partial charge in [-0.25, -0.2) is 0 Å². The predicted octanol–water partition coefficient (Wildman–Crippen LogP) is 1.99. The van der Waals surface area contributed by atoms with Gasteiger partial charge in [0.15, 0.2) is 0 Å². The van der Waals surface area contributed by atoms with Crippen LogP contribution in [0.25, 0.3) is 16.3 Å². The quantitative estimate of drug-likeness (QED) is 0.283. The van der Waals surface area contributed by atoms with Crippen LogP contribution in [-0.4, -0.2) is 12.2 Å². The number of hydrogen-bond acceptors (Lipinski definition) is 1. The Morgan fingerprint density at radius 2 is 1.14 bits per heavy atom. The van der Waals surface area contributed by atoms with Crippen molar-refractivity contribution in [2.75, 3.05) is 7.11 Å². The van der Waals surface area contributed by atoms with E-state index < -0.39 is 0 Å². The molecule has 5 rings (SSSR count). The molecule has 1 unspecified atom stereocenters. The first kappa shape index (κ1) is 36.0. The van der Waals surface area contributed by atoms with Crippen LogP contribution in [0.3, 0.4) is 0 Å². The van der Waals surface area contributed by atoms with E-state index in [0.717, 1.165) is 7.11 Å². The number of aliphatic hydroxyl groups is 1. The molecule has 0 amide bonds. The summed E-state index contributed by atoms with van der Waals surface area (Å²) in [5.74, 6) is 0.511. The summed E-state index contributed by atoms with van der Waals surface area (Å²) < 4.78 is 0. The van der Waals surface area contributed by atoms with Crippen LogP contribution >= 0.6 is 0 Å². The van der Waals surface area contributed by atoms with E-state index in [9.17, 15) is 0 Å². The van der Waals surface area contributed by atoms with Crippen LogP contribution < -0.4 is 24.8 Å². The zero-order valence-corrected chi connectivity index (χ0v) is 24.6. The number of allylic oxidation sites excluding steroid dienone is 4. The van der Waals surface area contributed by atoms with E-state index in [0.29, 0.717) is 5.92 Å². The molecule has 4 aromatic carbocycles. The summed E-state index contributed by atoms with van der Waals surface area (Å²) in [5, 5.41) is 9.46. The average molecular weight is 552 g/mol. The first-order valence-electron chi connectivity index (χ1n) is 11.2. The van der Waals surface area contributed by atoms with Crippen LogP contribution in [0.15, 0.2) is 114 Å². The number of fused-ring (bicyclic) bond motifs is 1. The Kier molecular flexibility index (Phi) is 20.0. The van der Waals surface area contributed by atoms with Crippen molar-refractivity contribution in [1.82, 2.24) is 0 Å². The van der Waals surface area contributed by atoms with Gasteiger partial charge in [0.05, 0.1) is 0 Å². The van der Waals surface area contributed by atoms with Crippen LogP contribution in [0.1, 0.15) is 33.3 Å². The number of benzene rings is 4. The van der Waals surface area contributed by atoms with Crippen LogP contribution in [0.5, 0.6) is 0 Å². The van der Waals surface area contributed by atoms with Crippen LogP contribution in [0.4, 0.5) is 0 Å². The second-order valence-corrected chi connectivity index (χ2v) is 7.68. The maximum absolute atomic E-state index is 7.00. The van der Waals surface area contributed by atoms with Crippen LogP contribution in [0.2, 0.25) is 0 Å². The predicted molar refractivity (Wildman–Crippen MR) is 142 cm³/mol. The van der Waals surface area contributed by atoms with Crippen molar-refractivity contribution in [3.63, 3.8) is 0 Å². The molecule has 0 aliphatic heterocycles. The Hall–Kier alpha value is -2.13. The fourth-order valence-corrected chi connectivity index (χ4v) is 3.76. The Labute approximate surface area is 245 Å². The van der Waals surface area contributed by atoms with E-state index in [-0.39, 0.29) is 46.5 Å². The van der Waals surface area contributed by atoms with Crippen molar-refractivity contribution in [2.45, 2.75) is 27.7 Å². The Morgan fingerprint density at radius 1 is 0.639 bits per heavy atom. The van der Waals surface area contributed by atoms with Gasteiger partial charge in [0.2, 0.25) is 0 Å². The van der Waals surface area contributed by atoms with Gasteiger partial charge in [0.25, 0.3) is 0 Å². The fourth-order valence-electron chi connectivity index (χ4n) is 3.76. The largest absolute Gasteiger partial charge is 2.00 e. The number of rotatable bonds is 1. The standard InChI is InChI=1S/C19H19.2C6H5.CH4O.2ClH.Ti/c1-12-13(2)15(4)19(14(12)3)18-10-9-16-7-5-6-8-17(16)11-18;2*1-2-4-6-5-3-1;1-2;;;/h5-10,14H,1-4H3;2*1-5H;2H,1H3;2*1H;/q3*-1;;;;+2/p-2. The molecular formula is C32H33Cl2OTi-3. The number of halogens is 2. The third-order valence-corrected chi connectivity index (χ3v) is 5.80. The minimum Gasteiger partial charge on any atom is -1.00 e. The van der Waals surface area contributed by atoms with Crippen molar-refractivity contribution in [3.8, 4) is 0 Å². The molecule has 0 saturated heterocycles. The summed E-state index contributed by atoms with van der Waals surface area (Å²) >= 11 is 0. The normalized spacial score (nSPS) is 13.2. The van der Waals surface area contributed by atoms with Crippen molar-refractivity contribution in [2.24, 2.45) is 5.92 Å². The van der Waals surface area contributed by atoms with Crippen molar-refractivity contribution in [1.29, 1.82) is 0 Å². The molecule has 4 heteroatoms. The molecule has 0 saturated carbocycles. The van der Waals surface area contributed by atoms with Gasteiger partial charge in [-0.2, -0.15) is 72.8 Å². The molecule has 0 bridgehead atoms. The maximum atomic E-state index is 7.00. The summed E-state index contributed by atoms with van der Waals surface area (Å²) in [5.41, 5.74) is 7.07. The van der Waals surface area contributed by atoms with E-state index in [1.807, 2.05) is 60.7 Å². The molecule has 188 valence electrons. The van der Waals surface area contributed by atoms with E-state index >= 15 is 0 Å². The van der Waals surface area contributed by atoms with Crippen molar-refractivity contribution >= 4 is 16.3 Å². The molecule has 0 heterocycles. The maximum Gasteiger partial charge on any atom is 2.00 e. The molecule has 36 heavy (non-hydrogen) atoms. The SMILES string of the molecule is CC1=C(C)C(C)C(c2[c-]c3ccccc3cc2)=C1C.CO.[Cl-].[Cl-].[Ti+2].[c-]1ccccc1.[c-]1ccccc1. The zero-order chi connectivity index (χ0) is 24.1. The first-order chi connectivity index (χ1) is 16.1. The van der Waals surface area contributed by atoms with Crippen LogP contribution in [0, 0.1) is 24.1 Å². The molecule has 1 nitrogen and oxygen atoms in total. The third kappa shape index (κ3) is 10.5. The molecule has 0 radical (unpaired) electrons. The number of aliphatic hydroxyl groups excluding tert-OH is 1. The van der Waals surface area contributed by atoms with Gasteiger partial charge in [-0.1, -0.05) is 52.8 Å². The smallest absolute Gasteiger partial charge is 1.00 e. The van der Waals surface area contributed by atoms with Gasteiger partial charge >= 0.3 is 21.7 Å². The number of hydrogen-bond donors (Lipinski definition) is 1. The monoisotopic (exact) mass is 551 g/mol. The van der Waals surface area contributed by atoms with Crippen molar-refractivity contribution < 1.29 is 51.6 Å². The summed E-state index contributed by atoms with van der Waals surface area (Å²) in [6.07, 6.45) is 0. The molecule has 0 fully saturated rings. The molecule has 1 atom stereocenters. The van der Waals surface area contributed by atoms with Gasteiger partial charge in [-0.15, -0.1) is 35.2 Å². The second kappa shape index (κ2) is 20.0.